The van der Waals surface area contributed by atoms with Crippen LogP contribution in [0.25, 0.3) is 17.2 Å². The van der Waals surface area contributed by atoms with Gasteiger partial charge in [0.2, 0.25) is 0 Å². The Morgan fingerprint density at radius 2 is 2.14 bits per heavy atom. The molecule has 116 valence electrons. The largest absolute Gasteiger partial charge is 0.496 e. The zero-order chi connectivity index (χ0) is 16.3. The number of methoxy groups -OCH3 is 1. The van der Waals surface area contributed by atoms with Crippen molar-refractivity contribution >= 4 is 6.08 Å². The molecule has 0 fully saturated rings. The summed E-state index contributed by atoms with van der Waals surface area (Å²) in [5, 5.41) is 9.70. The SMILES string of the molecule is C=Cc1cc(-c2ccc[nH]c2=O)cc(C(C)(C)CO)c1OC. The molecular formula is C18H21NO3. The van der Waals surface area contributed by atoms with Gasteiger partial charge in [-0.3, -0.25) is 4.79 Å². The van der Waals surface area contributed by atoms with E-state index in [1.54, 1.807) is 31.5 Å². The van der Waals surface area contributed by atoms with Crippen LogP contribution in [0.1, 0.15) is 25.0 Å². The van der Waals surface area contributed by atoms with Gasteiger partial charge in [0.1, 0.15) is 5.75 Å². The smallest absolute Gasteiger partial charge is 0.255 e. The fourth-order valence-electron chi connectivity index (χ4n) is 2.42. The van der Waals surface area contributed by atoms with Gasteiger partial charge in [-0.1, -0.05) is 26.5 Å². The van der Waals surface area contributed by atoms with Gasteiger partial charge in [0.15, 0.2) is 0 Å². The van der Waals surface area contributed by atoms with E-state index in [4.69, 9.17) is 4.74 Å². The van der Waals surface area contributed by atoms with E-state index in [1.165, 1.54) is 0 Å². The molecule has 22 heavy (non-hydrogen) atoms. The lowest BCUT2D eigenvalue weighted by Gasteiger charge is -2.26. The number of pyridine rings is 1. The highest BCUT2D eigenvalue weighted by molar-refractivity contribution is 5.72. The molecule has 0 amide bonds. The maximum atomic E-state index is 12.0. The third-order valence-electron chi connectivity index (χ3n) is 3.80. The molecule has 1 aromatic heterocycles. The van der Waals surface area contributed by atoms with Gasteiger partial charge < -0.3 is 14.8 Å². The van der Waals surface area contributed by atoms with E-state index in [-0.39, 0.29) is 12.2 Å². The van der Waals surface area contributed by atoms with Gasteiger partial charge >= 0.3 is 0 Å². The number of aromatic nitrogens is 1. The lowest BCUT2D eigenvalue weighted by atomic mass is 9.82. The maximum absolute atomic E-state index is 12.0. The molecule has 2 aromatic rings. The van der Waals surface area contributed by atoms with Crippen molar-refractivity contribution in [3.63, 3.8) is 0 Å². The van der Waals surface area contributed by atoms with Gasteiger partial charge in [-0.05, 0) is 29.8 Å². The van der Waals surface area contributed by atoms with Crippen LogP contribution in [0, 0.1) is 0 Å². The molecule has 0 radical (unpaired) electrons. The molecule has 1 aromatic carbocycles. The quantitative estimate of drug-likeness (QED) is 0.892. The molecular weight excluding hydrogens is 278 g/mol. The fourth-order valence-corrected chi connectivity index (χ4v) is 2.42. The monoisotopic (exact) mass is 299 g/mol. The number of H-pyrrole nitrogens is 1. The van der Waals surface area contributed by atoms with Gasteiger partial charge in [0.05, 0.1) is 13.7 Å². The number of benzene rings is 1. The van der Waals surface area contributed by atoms with E-state index in [2.05, 4.69) is 11.6 Å². The highest BCUT2D eigenvalue weighted by Crippen LogP contribution is 2.37. The van der Waals surface area contributed by atoms with E-state index in [0.29, 0.717) is 11.3 Å². The number of aliphatic hydroxyl groups excluding tert-OH is 1. The molecule has 0 aliphatic carbocycles. The fraction of sp³-hybridized carbons (Fsp3) is 0.278. The molecule has 0 unspecified atom stereocenters. The summed E-state index contributed by atoms with van der Waals surface area (Å²) in [6.07, 6.45) is 3.29. The summed E-state index contributed by atoms with van der Waals surface area (Å²) in [5.74, 6) is 0.671. The number of aliphatic hydroxyl groups is 1. The van der Waals surface area contributed by atoms with Crippen molar-refractivity contribution in [2.24, 2.45) is 0 Å². The predicted molar refractivity (Wildman–Crippen MR) is 89.3 cm³/mol. The minimum Gasteiger partial charge on any atom is -0.496 e. The van der Waals surface area contributed by atoms with E-state index in [9.17, 15) is 9.90 Å². The van der Waals surface area contributed by atoms with Crippen molar-refractivity contribution in [1.82, 2.24) is 4.98 Å². The van der Waals surface area contributed by atoms with Gasteiger partial charge in [-0.15, -0.1) is 0 Å². The molecule has 0 spiro atoms. The van der Waals surface area contributed by atoms with Crippen LogP contribution in [0.2, 0.25) is 0 Å². The minimum absolute atomic E-state index is 0.0332. The average molecular weight is 299 g/mol. The Hall–Kier alpha value is -2.33. The van der Waals surface area contributed by atoms with Crippen LogP contribution >= 0.6 is 0 Å². The standard InChI is InChI=1S/C18H21NO3/c1-5-12-9-13(14-7-6-8-19-17(14)21)10-15(16(12)22-4)18(2,3)11-20/h5-10,20H,1,11H2,2-4H3,(H,19,21). The summed E-state index contributed by atoms with van der Waals surface area (Å²) in [7, 11) is 1.59. The maximum Gasteiger partial charge on any atom is 0.255 e. The Morgan fingerprint density at radius 1 is 1.41 bits per heavy atom. The Labute approximate surface area is 130 Å². The van der Waals surface area contributed by atoms with Crippen LogP contribution in [0.5, 0.6) is 5.75 Å². The van der Waals surface area contributed by atoms with Crippen LogP contribution in [0.4, 0.5) is 0 Å². The van der Waals surface area contributed by atoms with Gasteiger partial charge in [0.25, 0.3) is 5.56 Å². The Balaban J connectivity index is 2.79. The number of hydrogen-bond donors (Lipinski definition) is 2. The van der Waals surface area contributed by atoms with E-state index in [0.717, 1.165) is 16.7 Å². The zero-order valence-electron chi connectivity index (χ0n) is 13.1. The molecule has 2 N–H and O–H groups in total. The summed E-state index contributed by atoms with van der Waals surface area (Å²) in [6.45, 7) is 7.64. The number of nitrogens with one attached hydrogen (secondary N) is 1. The zero-order valence-corrected chi connectivity index (χ0v) is 13.1. The van der Waals surface area contributed by atoms with Crippen molar-refractivity contribution in [3.8, 4) is 16.9 Å². The van der Waals surface area contributed by atoms with E-state index >= 15 is 0 Å². The van der Waals surface area contributed by atoms with Crippen LogP contribution in [-0.2, 0) is 5.41 Å². The number of hydrogen-bond acceptors (Lipinski definition) is 3. The molecule has 0 atom stereocenters. The number of rotatable bonds is 5. The molecule has 4 heteroatoms. The molecule has 0 saturated carbocycles. The summed E-state index contributed by atoms with van der Waals surface area (Å²) >= 11 is 0. The van der Waals surface area contributed by atoms with Crippen molar-refractivity contribution in [2.45, 2.75) is 19.3 Å². The first-order valence-corrected chi connectivity index (χ1v) is 7.08. The highest BCUT2D eigenvalue weighted by atomic mass is 16.5. The first kappa shape index (κ1) is 16.0. The van der Waals surface area contributed by atoms with Gasteiger partial charge in [-0.25, -0.2) is 0 Å². The third kappa shape index (κ3) is 2.83. The second-order valence-electron chi connectivity index (χ2n) is 5.81. The first-order valence-electron chi connectivity index (χ1n) is 7.08. The summed E-state index contributed by atoms with van der Waals surface area (Å²) in [6, 6.07) is 7.31. The van der Waals surface area contributed by atoms with Crippen LogP contribution < -0.4 is 10.3 Å². The first-order chi connectivity index (χ1) is 10.4. The Bertz CT molecular complexity index is 744. The van der Waals surface area contributed by atoms with E-state index in [1.807, 2.05) is 26.0 Å². The predicted octanol–water partition coefficient (Wildman–Crippen LogP) is 2.96. The lowest BCUT2D eigenvalue weighted by molar-refractivity contribution is 0.215. The van der Waals surface area contributed by atoms with Crippen molar-refractivity contribution in [1.29, 1.82) is 0 Å². The molecule has 0 saturated heterocycles. The van der Waals surface area contributed by atoms with Crippen LogP contribution in [-0.4, -0.2) is 23.8 Å². The summed E-state index contributed by atoms with van der Waals surface area (Å²) in [4.78, 5) is 14.7. The molecule has 1 heterocycles. The second kappa shape index (κ2) is 6.20. The second-order valence-corrected chi connectivity index (χ2v) is 5.81. The Kier molecular flexibility index (Phi) is 4.52. The molecule has 0 aliphatic heterocycles. The lowest BCUT2D eigenvalue weighted by Crippen LogP contribution is -2.23. The van der Waals surface area contributed by atoms with Crippen molar-refractivity contribution < 1.29 is 9.84 Å². The van der Waals surface area contributed by atoms with Crippen LogP contribution in [0.3, 0.4) is 0 Å². The highest BCUT2D eigenvalue weighted by Gasteiger charge is 2.26. The summed E-state index contributed by atoms with van der Waals surface area (Å²) < 4.78 is 5.51. The normalized spacial score (nSPS) is 11.3. The molecule has 0 aliphatic rings. The minimum atomic E-state index is -0.499. The molecule has 4 nitrogen and oxygen atoms in total. The van der Waals surface area contributed by atoms with E-state index < -0.39 is 5.41 Å². The third-order valence-corrected chi connectivity index (χ3v) is 3.80. The van der Waals surface area contributed by atoms with Crippen molar-refractivity contribution in [2.75, 3.05) is 13.7 Å². The Morgan fingerprint density at radius 3 is 2.68 bits per heavy atom. The number of ether oxygens (including phenoxy) is 1. The van der Waals surface area contributed by atoms with Gasteiger partial charge in [-0.2, -0.15) is 0 Å². The summed E-state index contributed by atoms with van der Waals surface area (Å²) in [5.41, 5.74) is 2.32. The molecule has 0 bridgehead atoms. The van der Waals surface area contributed by atoms with Crippen LogP contribution in [0.15, 0.2) is 41.8 Å². The van der Waals surface area contributed by atoms with Gasteiger partial charge in [0, 0.05) is 28.3 Å². The topological polar surface area (TPSA) is 62.3 Å². The average Bonchev–Trinajstić information content (AvgIpc) is 2.53. The van der Waals surface area contributed by atoms with Crippen molar-refractivity contribution in [3.05, 3.63) is 58.5 Å². The number of aromatic amines is 1. The molecule has 2 rings (SSSR count).